The monoisotopic (exact) mass is 225 g/mol. The number of hydrogen-bond donors (Lipinski definition) is 2. The molecule has 0 amide bonds. The van der Waals surface area contributed by atoms with E-state index >= 15 is 0 Å². The zero-order valence-electron chi connectivity index (χ0n) is 7.92. The van der Waals surface area contributed by atoms with Crippen LogP contribution in [-0.2, 0) is 4.57 Å². The molecule has 7 heteroatoms. The summed E-state index contributed by atoms with van der Waals surface area (Å²) in [6, 6.07) is 0. The van der Waals surface area contributed by atoms with E-state index < -0.39 is 7.67 Å². The Kier molecular flexibility index (Phi) is 3.80. The molecule has 1 unspecified atom stereocenters. The smallest absolute Gasteiger partial charge is 0.322 e. The zero-order chi connectivity index (χ0) is 10.1. The Labute approximate surface area is 84.4 Å². The Bertz CT molecular complexity index is 218. The lowest BCUT2D eigenvalue weighted by molar-refractivity contribution is 0.240. The van der Waals surface area contributed by atoms with Crippen molar-refractivity contribution in [3.05, 3.63) is 0 Å². The van der Waals surface area contributed by atoms with Crippen molar-refractivity contribution < 1.29 is 9.46 Å². The summed E-state index contributed by atoms with van der Waals surface area (Å²) in [5.74, 6) is 0. The first-order valence-corrected chi connectivity index (χ1v) is 6.11. The third-order valence-electron chi connectivity index (χ3n) is 2.12. The maximum atomic E-state index is 11.7. The van der Waals surface area contributed by atoms with Gasteiger partial charge >= 0.3 is 7.67 Å². The fourth-order valence-electron chi connectivity index (χ4n) is 1.20. The van der Waals surface area contributed by atoms with Crippen molar-refractivity contribution in [2.24, 2.45) is 0 Å². The predicted octanol–water partition coefficient (Wildman–Crippen LogP) is 0.111. The fourth-order valence-corrected chi connectivity index (χ4v) is 2.58. The second kappa shape index (κ2) is 4.29. The van der Waals surface area contributed by atoms with E-state index in [0.717, 1.165) is 13.1 Å². The molecule has 1 aliphatic heterocycles. The largest absolute Gasteiger partial charge is 0.343 e. The second-order valence-corrected chi connectivity index (χ2v) is 6.23. The molecule has 1 saturated heterocycles. The molecule has 5 nitrogen and oxygen atoms in total. The first-order chi connectivity index (χ1) is 5.94. The van der Waals surface area contributed by atoms with Crippen LogP contribution in [0.3, 0.4) is 0 Å². The third kappa shape index (κ3) is 2.68. The van der Waals surface area contributed by atoms with E-state index in [0.29, 0.717) is 13.1 Å². The number of nitrogens with zero attached hydrogens (tertiary/aromatic N) is 3. The topological polar surface area (TPSA) is 47.0 Å². The summed E-state index contributed by atoms with van der Waals surface area (Å²) in [6.45, 7) is 2.63. The summed E-state index contributed by atoms with van der Waals surface area (Å²) >= 11 is 4.17. The van der Waals surface area contributed by atoms with Crippen LogP contribution < -0.4 is 0 Å². The average molecular weight is 225 g/mol. The van der Waals surface area contributed by atoms with Crippen molar-refractivity contribution in [2.45, 2.75) is 0 Å². The van der Waals surface area contributed by atoms with Crippen molar-refractivity contribution in [1.82, 2.24) is 13.6 Å². The standard InChI is InChI=1S/C6H16N3O2PS/c1-7(2)12(10,11)8-3-5-9(13)6-4-8/h13H,3-6H2,1-2H3,(H,10,11). The zero-order valence-corrected chi connectivity index (χ0v) is 9.71. The molecule has 1 atom stereocenters. The van der Waals surface area contributed by atoms with Crippen LogP contribution in [0.15, 0.2) is 0 Å². The highest BCUT2D eigenvalue weighted by Gasteiger charge is 2.32. The summed E-state index contributed by atoms with van der Waals surface area (Å²) in [7, 11) is -0.0226. The number of piperazine rings is 1. The molecule has 1 N–H and O–H groups in total. The van der Waals surface area contributed by atoms with Gasteiger partial charge in [-0.1, -0.05) is 12.8 Å². The summed E-state index contributed by atoms with van der Waals surface area (Å²) in [5, 5.41) is 0. The first-order valence-electron chi connectivity index (χ1n) is 4.14. The molecule has 0 aliphatic carbocycles. The molecule has 0 bridgehead atoms. The highest BCUT2D eigenvalue weighted by molar-refractivity contribution is 7.77. The molecular formula is C6H16N3O2PS. The van der Waals surface area contributed by atoms with E-state index in [1.807, 2.05) is 4.31 Å². The molecule has 1 heterocycles. The summed E-state index contributed by atoms with van der Waals surface area (Å²) < 4.78 is 16.6. The predicted molar refractivity (Wildman–Crippen MR) is 55.6 cm³/mol. The SMILES string of the molecule is CN(C)P(=O)(O)N1CCN(S)CC1. The van der Waals surface area contributed by atoms with Gasteiger partial charge in [0.2, 0.25) is 0 Å². The minimum atomic E-state index is -3.26. The van der Waals surface area contributed by atoms with Gasteiger partial charge in [-0.3, -0.25) is 8.87 Å². The third-order valence-corrected chi connectivity index (χ3v) is 4.70. The van der Waals surface area contributed by atoms with E-state index in [-0.39, 0.29) is 0 Å². The lowest BCUT2D eigenvalue weighted by Gasteiger charge is -2.36. The quantitative estimate of drug-likeness (QED) is 0.516. The van der Waals surface area contributed by atoms with Gasteiger partial charge < -0.3 is 4.89 Å². The van der Waals surface area contributed by atoms with Crippen LogP contribution in [-0.4, -0.2) is 58.8 Å². The summed E-state index contributed by atoms with van der Waals surface area (Å²) in [4.78, 5) is 9.67. The number of hydrogen-bond acceptors (Lipinski definition) is 3. The molecule has 0 spiro atoms. The van der Waals surface area contributed by atoms with Gasteiger partial charge in [0.25, 0.3) is 0 Å². The van der Waals surface area contributed by atoms with Gasteiger partial charge in [-0.05, 0) is 14.1 Å². The Hall–Kier alpha value is 0.420. The van der Waals surface area contributed by atoms with Crippen LogP contribution in [0.4, 0.5) is 0 Å². The molecule has 13 heavy (non-hydrogen) atoms. The molecule has 1 rings (SSSR count). The van der Waals surface area contributed by atoms with Crippen LogP contribution in [0.1, 0.15) is 0 Å². The molecule has 1 fully saturated rings. The molecular weight excluding hydrogens is 209 g/mol. The average Bonchev–Trinajstić information content (AvgIpc) is 2.04. The van der Waals surface area contributed by atoms with Gasteiger partial charge in [0.15, 0.2) is 0 Å². The van der Waals surface area contributed by atoms with Crippen molar-refractivity contribution in [3.63, 3.8) is 0 Å². The first kappa shape index (κ1) is 11.5. The van der Waals surface area contributed by atoms with Crippen LogP contribution in [0.25, 0.3) is 0 Å². The van der Waals surface area contributed by atoms with Gasteiger partial charge in [-0.15, -0.1) is 0 Å². The van der Waals surface area contributed by atoms with E-state index in [2.05, 4.69) is 12.8 Å². The number of thiol groups is 1. The molecule has 0 aromatic carbocycles. The van der Waals surface area contributed by atoms with Gasteiger partial charge in [0, 0.05) is 26.2 Å². The van der Waals surface area contributed by atoms with Crippen molar-refractivity contribution in [1.29, 1.82) is 0 Å². The van der Waals surface area contributed by atoms with Crippen LogP contribution >= 0.6 is 20.5 Å². The molecule has 78 valence electrons. The van der Waals surface area contributed by atoms with Gasteiger partial charge in [-0.2, -0.15) is 0 Å². The molecule has 0 radical (unpaired) electrons. The Balaban J connectivity index is 2.58. The van der Waals surface area contributed by atoms with Crippen LogP contribution in [0, 0.1) is 0 Å². The van der Waals surface area contributed by atoms with Crippen LogP contribution in [0.2, 0.25) is 0 Å². The highest BCUT2D eigenvalue weighted by atomic mass is 32.1. The lowest BCUT2D eigenvalue weighted by atomic mass is 10.4. The Morgan fingerprint density at radius 3 is 2.15 bits per heavy atom. The fraction of sp³-hybridized carbons (Fsp3) is 1.00. The minimum absolute atomic E-state index is 0.593. The Morgan fingerprint density at radius 1 is 1.31 bits per heavy atom. The van der Waals surface area contributed by atoms with Gasteiger partial charge in [0.05, 0.1) is 0 Å². The van der Waals surface area contributed by atoms with E-state index in [1.54, 1.807) is 18.8 Å². The minimum Gasteiger partial charge on any atom is -0.322 e. The molecule has 0 saturated carbocycles. The summed E-state index contributed by atoms with van der Waals surface area (Å²) in [5.41, 5.74) is 0. The maximum Gasteiger partial charge on any atom is 0.343 e. The Morgan fingerprint density at radius 2 is 1.77 bits per heavy atom. The van der Waals surface area contributed by atoms with Crippen molar-refractivity contribution in [2.75, 3.05) is 40.3 Å². The number of rotatable bonds is 2. The molecule has 1 aliphatic rings. The van der Waals surface area contributed by atoms with E-state index in [9.17, 15) is 9.46 Å². The van der Waals surface area contributed by atoms with Gasteiger partial charge in [-0.25, -0.2) is 9.34 Å². The second-order valence-electron chi connectivity index (χ2n) is 3.27. The van der Waals surface area contributed by atoms with Crippen molar-refractivity contribution >= 4 is 20.5 Å². The lowest BCUT2D eigenvalue weighted by Crippen LogP contribution is -2.42. The van der Waals surface area contributed by atoms with Crippen molar-refractivity contribution in [3.8, 4) is 0 Å². The van der Waals surface area contributed by atoms with Crippen LogP contribution in [0.5, 0.6) is 0 Å². The maximum absolute atomic E-state index is 11.7. The molecule has 0 aromatic heterocycles. The van der Waals surface area contributed by atoms with E-state index in [4.69, 9.17) is 0 Å². The molecule has 0 aromatic rings. The normalized spacial score (nSPS) is 26.2. The summed E-state index contributed by atoms with van der Waals surface area (Å²) in [6.07, 6.45) is 0. The highest BCUT2D eigenvalue weighted by Crippen LogP contribution is 2.46. The van der Waals surface area contributed by atoms with Gasteiger partial charge in [0.1, 0.15) is 0 Å². The van der Waals surface area contributed by atoms with E-state index in [1.165, 1.54) is 4.67 Å².